The molecule has 0 saturated carbocycles. The third-order valence-electron chi connectivity index (χ3n) is 5.97. The lowest BCUT2D eigenvalue weighted by atomic mass is 10.00. The lowest BCUT2D eigenvalue weighted by Gasteiger charge is -2.28. The number of benzene rings is 3. The molecule has 33 heavy (non-hydrogen) atoms. The second-order valence-electron chi connectivity index (χ2n) is 8.11. The lowest BCUT2D eigenvalue weighted by Crippen LogP contribution is -2.37. The van der Waals surface area contributed by atoms with Gasteiger partial charge in [0.2, 0.25) is 5.91 Å². The zero-order chi connectivity index (χ0) is 22.9. The molecule has 1 aliphatic heterocycles. The van der Waals surface area contributed by atoms with E-state index in [4.69, 9.17) is 16.6 Å². The number of carbonyl (C=O) groups is 1. The van der Waals surface area contributed by atoms with Crippen LogP contribution in [0.2, 0.25) is 5.02 Å². The highest BCUT2D eigenvalue weighted by Crippen LogP contribution is 2.26. The molecule has 7 heteroatoms. The molecule has 0 unspecified atom stereocenters. The molecule has 2 heterocycles. The monoisotopic (exact) mass is 475 g/mol. The number of aromatic nitrogens is 2. The number of thioether (sulfide) groups is 1. The largest absolute Gasteiger partial charge is 0.337 e. The van der Waals surface area contributed by atoms with Crippen LogP contribution in [-0.4, -0.2) is 32.7 Å². The van der Waals surface area contributed by atoms with Crippen molar-refractivity contribution in [1.82, 2.24) is 14.5 Å². The van der Waals surface area contributed by atoms with E-state index in [9.17, 15) is 9.59 Å². The van der Waals surface area contributed by atoms with Gasteiger partial charge in [0, 0.05) is 18.1 Å². The molecule has 1 aromatic heterocycles. The van der Waals surface area contributed by atoms with Gasteiger partial charge >= 0.3 is 0 Å². The Kier molecular flexibility index (Phi) is 5.96. The van der Waals surface area contributed by atoms with Gasteiger partial charge in [-0.3, -0.25) is 14.2 Å². The van der Waals surface area contributed by atoms with Crippen molar-refractivity contribution in [3.8, 4) is 5.69 Å². The predicted octanol–water partition coefficient (Wildman–Crippen LogP) is 5.02. The van der Waals surface area contributed by atoms with E-state index in [1.165, 1.54) is 22.9 Å². The SMILES string of the molecule is Cc1ccc(-n2c(SCC(=O)N3CCc4ccccc4C3)nc3ccccc3c2=O)cc1Cl. The molecule has 1 aliphatic rings. The van der Waals surface area contributed by atoms with Crippen LogP contribution in [0.1, 0.15) is 16.7 Å². The summed E-state index contributed by atoms with van der Waals surface area (Å²) in [7, 11) is 0. The van der Waals surface area contributed by atoms with E-state index in [1.807, 2.05) is 54.3 Å². The van der Waals surface area contributed by atoms with Crippen LogP contribution in [0.3, 0.4) is 0 Å². The van der Waals surface area contributed by atoms with Crippen molar-refractivity contribution in [3.63, 3.8) is 0 Å². The van der Waals surface area contributed by atoms with Crippen LogP contribution in [0.5, 0.6) is 0 Å². The smallest absolute Gasteiger partial charge is 0.266 e. The molecule has 0 N–H and O–H groups in total. The summed E-state index contributed by atoms with van der Waals surface area (Å²) in [5.74, 6) is 0.234. The first-order valence-electron chi connectivity index (χ1n) is 10.8. The quantitative estimate of drug-likeness (QED) is 0.307. The number of nitrogens with zero attached hydrogens (tertiary/aromatic N) is 3. The fraction of sp³-hybridized carbons (Fsp3) is 0.192. The van der Waals surface area contributed by atoms with Gasteiger partial charge in [0.15, 0.2) is 5.16 Å². The molecule has 0 radical (unpaired) electrons. The Labute approximate surface area is 201 Å². The summed E-state index contributed by atoms with van der Waals surface area (Å²) in [6, 6.07) is 21.0. The molecule has 0 bridgehead atoms. The van der Waals surface area contributed by atoms with E-state index in [0.29, 0.717) is 39.9 Å². The Balaban J connectivity index is 1.47. The van der Waals surface area contributed by atoms with Gasteiger partial charge < -0.3 is 4.90 Å². The molecule has 0 fully saturated rings. The summed E-state index contributed by atoms with van der Waals surface area (Å²) in [5, 5.41) is 1.58. The van der Waals surface area contributed by atoms with Crippen molar-refractivity contribution in [1.29, 1.82) is 0 Å². The maximum Gasteiger partial charge on any atom is 0.266 e. The summed E-state index contributed by atoms with van der Waals surface area (Å²) >= 11 is 7.64. The van der Waals surface area contributed by atoms with Crippen LogP contribution in [0.15, 0.2) is 76.7 Å². The van der Waals surface area contributed by atoms with Crippen LogP contribution in [0.4, 0.5) is 0 Å². The second kappa shape index (κ2) is 9.04. The third kappa shape index (κ3) is 4.28. The molecule has 4 aromatic rings. The summed E-state index contributed by atoms with van der Waals surface area (Å²) in [6.45, 7) is 3.22. The molecule has 0 aliphatic carbocycles. The van der Waals surface area contributed by atoms with Gasteiger partial charge in [-0.1, -0.05) is 65.8 Å². The highest BCUT2D eigenvalue weighted by molar-refractivity contribution is 7.99. The zero-order valence-corrected chi connectivity index (χ0v) is 19.7. The molecule has 0 saturated heterocycles. The van der Waals surface area contributed by atoms with Gasteiger partial charge in [-0.05, 0) is 54.3 Å². The van der Waals surface area contributed by atoms with E-state index < -0.39 is 0 Å². The maximum atomic E-state index is 13.4. The fourth-order valence-corrected chi connectivity index (χ4v) is 5.17. The first-order chi connectivity index (χ1) is 16.0. The number of rotatable bonds is 4. The average Bonchev–Trinajstić information content (AvgIpc) is 2.84. The summed E-state index contributed by atoms with van der Waals surface area (Å²) in [5.41, 5.74) is 4.49. The Morgan fingerprint density at radius 1 is 1.06 bits per heavy atom. The van der Waals surface area contributed by atoms with Crippen LogP contribution >= 0.6 is 23.4 Å². The standard InChI is InChI=1S/C26H22ClN3O2S/c1-17-10-11-20(14-22(17)27)30-25(32)21-8-4-5-9-23(21)28-26(30)33-16-24(31)29-13-12-18-6-2-3-7-19(18)15-29/h2-11,14H,12-13,15-16H2,1H3. The number of para-hydroxylation sites is 1. The molecule has 0 atom stereocenters. The Morgan fingerprint density at radius 2 is 1.82 bits per heavy atom. The van der Waals surface area contributed by atoms with E-state index in [2.05, 4.69) is 12.1 Å². The third-order valence-corrected chi connectivity index (χ3v) is 7.30. The van der Waals surface area contributed by atoms with Gasteiger partial charge in [0.1, 0.15) is 0 Å². The zero-order valence-electron chi connectivity index (χ0n) is 18.1. The summed E-state index contributed by atoms with van der Waals surface area (Å²) in [6.07, 6.45) is 0.855. The Morgan fingerprint density at radius 3 is 2.64 bits per heavy atom. The lowest BCUT2D eigenvalue weighted by molar-refractivity contribution is -0.129. The normalized spacial score (nSPS) is 13.2. The highest BCUT2D eigenvalue weighted by Gasteiger charge is 2.22. The van der Waals surface area contributed by atoms with Crippen LogP contribution < -0.4 is 5.56 Å². The van der Waals surface area contributed by atoms with Gasteiger partial charge in [0.25, 0.3) is 5.56 Å². The van der Waals surface area contributed by atoms with E-state index in [-0.39, 0.29) is 17.2 Å². The number of amides is 1. The van der Waals surface area contributed by atoms with Crippen molar-refractivity contribution in [2.24, 2.45) is 0 Å². The average molecular weight is 476 g/mol. The van der Waals surface area contributed by atoms with Crippen molar-refractivity contribution in [3.05, 3.63) is 98.8 Å². The van der Waals surface area contributed by atoms with Crippen molar-refractivity contribution in [2.75, 3.05) is 12.3 Å². The van der Waals surface area contributed by atoms with Crippen molar-refractivity contribution in [2.45, 2.75) is 25.0 Å². The second-order valence-corrected chi connectivity index (χ2v) is 9.46. The first-order valence-corrected chi connectivity index (χ1v) is 12.1. The minimum absolute atomic E-state index is 0.0328. The van der Waals surface area contributed by atoms with Crippen LogP contribution in [0, 0.1) is 6.92 Å². The van der Waals surface area contributed by atoms with Gasteiger partial charge in [-0.25, -0.2) is 4.98 Å². The molecule has 0 spiro atoms. The highest BCUT2D eigenvalue weighted by atomic mass is 35.5. The minimum Gasteiger partial charge on any atom is -0.337 e. The molecular weight excluding hydrogens is 454 g/mol. The van der Waals surface area contributed by atoms with Crippen LogP contribution in [0.25, 0.3) is 16.6 Å². The number of aryl methyl sites for hydroxylation is 1. The number of hydrogen-bond donors (Lipinski definition) is 0. The molecule has 5 rings (SSSR count). The molecule has 1 amide bonds. The van der Waals surface area contributed by atoms with Crippen molar-refractivity contribution < 1.29 is 4.79 Å². The minimum atomic E-state index is -0.178. The number of halogens is 1. The fourth-order valence-electron chi connectivity index (χ4n) is 4.08. The van der Waals surface area contributed by atoms with Gasteiger partial charge in [0.05, 0.1) is 22.3 Å². The van der Waals surface area contributed by atoms with Crippen molar-refractivity contribution >= 4 is 40.2 Å². The predicted molar refractivity (Wildman–Crippen MR) is 133 cm³/mol. The Bertz CT molecular complexity index is 1430. The molecular formula is C26H22ClN3O2S. The Hall–Kier alpha value is -3.09. The summed E-state index contributed by atoms with van der Waals surface area (Å²) in [4.78, 5) is 33.1. The van der Waals surface area contributed by atoms with Crippen LogP contribution in [-0.2, 0) is 17.8 Å². The van der Waals surface area contributed by atoms with E-state index >= 15 is 0 Å². The molecule has 3 aromatic carbocycles. The van der Waals surface area contributed by atoms with E-state index in [1.54, 1.807) is 16.7 Å². The first kappa shape index (κ1) is 21.7. The van der Waals surface area contributed by atoms with E-state index in [0.717, 1.165) is 12.0 Å². The topological polar surface area (TPSA) is 55.2 Å². The molecule has 166 valence electrons. The van der Waals surface area contributed by atoms with Gasteiger partial charge in [-0.2, -0.15) is 0 Å². The number of fused-ring (bicyclic) bond motifs is 2. The molecule has 5 nitrogen and oxygen atoms in total. The van der Waals surface area contributed by atoms with Gasteiger partial charge in [-0.15, -0.1) is 0 Å². The number of hydrogen-bond acceptors (Lipinski definition) is 4. The maximum absolute atomic E-state index is 13.4. The number of carbonyl (C=O) groups excluding carboxylic acids is 1. The summed E-state index contributed by atoms with van der Waals surface area (Å²) < 4.78 is 1.55.